The molecule has 3 aromatic carbocycles. The lowest BCUT2D eigenvalue weighted by molar-refractivity contribution is -0.139. The average Bonchev–Trinajstić information content (AvgIpc) is 3.41. The molecule has 0 saturated carbocycles. The zero-order valence-electron chi connectivity index (χ0n) is 37.9. The molecule has 64 heavy (non-hydrogen) atoms. The number of allylic oxidation sites excluding steroid dienone is 2. The highest BCUT2D eigenvalue weighted by molar-refractivity contribution is 6.74. The van der Waals surface area contributed by atoms with E-state index in [0.29, 0.717) is 22.8 Å². The molecule has 0 radical (unpaired) electrons. The van der Waals surface area contributed by atoms with Gasteiger partial charge in [-0.05, 0) is 107 Å². The van der Waals surface area contributed by atoms with Gasteiger partial charge in [0.2, 0.25) is 11.8 Å². The van der Waals surface area contributed by atoms with Gasteiger partial charge in [-0.2, -0.15) is 0 Å². The van der Waals surface area contributed by atoms with Gasteiger partial charge in [-0.15, -0.1) is 5.06 Å². The second-order valence-electron chi connectivity index (χ2n) is 17.6. The Balaban J connectivity index is 0.000000344. The van der Waals surface area contributed by atoms with Gasteiger partial charge in [0.25, 0.3) is 11.8 Å². The van der Waals surface area contributed by atoms with E-state index in [1.54, 1.807) is 39.8 Å². The first kappa shape index (κ1) is 53.2. The van der Waals surface area contributed by atoms with Crippen molar-refractivity contribution in [3.05, 3.63) is 129 Å². The summed E-state index contributed by atoms with van der Waals surface area (Å²) in [5, 5.41) is 20.3. The standard InChI is InChI=1S/C24H23F3N2O5.C22H34F3NO3Si/c1-13(2)8-21(31)28(11-14(3)30)20(15-9-18(25)22(27)19(26)10-15)12-34-29-23(32)16-6-4-5-7-17(16)24(29)33;1-14(2)9-20(28)26(12-15(3)27)19(13-29-30(7,8)22(4,5)6)16-10-17(23)21(25)18(24)11-16/h4-10,14,20,30H,11-12H2,1-3H3;9-11,15,19,27H,12-13H2,1-8H3. The van der Waals surface area contributed by atoms with E-state index in [9.17, 15) is 55.7 Å². The van der Waals surface area contributed by atoms with Crippen molar-refractivity contribution in [3.63, 3.8) is 0 Å². The summed E-state index contributed by atoms with van der Waals surface area (Å²) in [7, 11) is -2.27. The normalized spacial score (nSPS) is 14.5. The smallest absolute Gasteiger partial charge is 0.285 e. The van der Waals surface area contributed by atoms with E-state index in [1.165, 1.54) is 43.0 Å². The highest BCUT2D eigenvalue weighted by atomic mass is 28.4. The van der Waals surface area contributed by atoms with Gasteiger partial charge in [-0.25, -0.2) is 26.3 Å². The molecule has 3 aromatic rings. The molecular weight excluding hydrogens is 865 g/mol. The lowest BCUT2D eigenvalue weighted by Crippen LogP contribution is -2.46. The van der Waals surface area contributed by atoms with Crippen LogP contribution in [0.1, 0.15) is 106 Å². The second-order valence-corrected chi connectivity index (χ2v) is 22.4. The Kier molecular flexibility index (Phi) is 18.4. The van der Waals surface area contributed by atoms with Crippen molar-refractivity contribution in [1.29, 1.82) is 0 Å². The van der Waals surface area contributed by atoms with Crippen molar-refractivity contribution in [3.8, 4) is 0 Å². The summed E-state index contributed by atoms with van der Waals surface area (Å²) in [6, 6.07) is 6.99. The minimum Gasteiger partial charge on any atom is -0.414 e. The number of hydroxylamine groups is 2. The highest BCUT2D eigenvalue weighted by Gasteiger charge is 2.40. The number of rotatable bonds is 16. The maximum Gasteiger partial charge on any atom is 0.285 e. The van der Waals surface area contributed by atoms with Crippen molar-refractivity contribution in [2.45, 2.75) is 105 Å². The van der Waals surface area contributed by atoms with E-state index in [0.717, 1.165) is 22.6 Å². The van der Waals surface area contributed by atoms with Crippen LogP contribution in [0.2, 0.25) is 18.1 Å². The number of hydrogen-bond acceptors (Lipinski definition) is 8. The van der Waals surface area contributed by atoms with Crippen LogP contribution in [0.4, 0.5) is 26.3 Å². The van der Waals surface area contributed by atoms with Gasteiger partial charge < -0.3 is 24.4 Å². The minimum atomic E-state index is -2.27. The van der Waals surface area contributed by atoms with Gasteiger partial charge >= 0.3 is 0 Å². The fourth-order valence-corrected chi connectivity index (χ4v) is 7.18. The molecule has 1 aliphatic rings. The van der Waals surface area contributed by atoms with Gasteiger partial charge in [-0.1, -0.05) is 44.1 Å². The molecule has 1 aliphatic heterocycles. The number of fused-ring (bicyclic) bond motifs is 1. The Labute approximate surface area is 371 Å². The van der Waals surface area contributed by atoms with Crippen LogP contribution < -0.4 is 0 Å². The van der Waals surface area contributed by atoms with E-state index >= 15 is 0 Å². The molecule has 4 rings (SSSR count). The van der Waals surface area contributed by atoms with E-state index in [2.05, 4.69) is 0 Å². The number of carbonyl (C=O) groups is 4. The van der Waals surface area contributed by atoms with Crippen LogP contribution in [0.5, 0.6) is 0 Å². The highest BCUT2D eigenvalue weighted by Crippen LogP contribution is 2.38. The lowest BCUT2D eigenvalue weighted by Gasteiger charge is -2.39. The number of benzene rings is 3. The Hall–Kier alpha value is -5.14. The van der Waals surface area contributed by atoms with E-state index < -0.39 is 97.7 Å². The van der Waals surface area contributed by atoms with Crippen molar-refractivity contribution in [2.75, 3.05) is 26.3 Å². The van der Waals surface area contributed by atoms with Gasteiger partial charge in [-0.3, -0.25) is 24.0 Å². The molecule has 0 saturated heterocycles. The first-order valence-electron chi connectivity index (χ1n) is 20.4. The molecule has 0 fully saturated rings. The van der Waals surface area contributed by atoms with E-state index in [1.807, 2.05) is 33.9 Å². The second kappa shape index (κ2) is 22.2. The predicted molar refractivity (Wildman–Crippen MR) is 230 cm³/mol. The fraction of sp³-hybridized carbons (Fsp3) is 0.435. The summed E-state index contributed by atoms with van der Waals surface area (Å²) >= 11 is 0. The number of halogens is 6. The Morgan fingerprint density at radius 3 is 1.34 bits per heavy atom. The summed E-state index contributed by atoms with van der Waals surface area (Å²) in [6.07, 6.45) is 0.697. The maximum absolute atomic E-state index is 14.0. The molecule has 4 atom stereocenters. The van der Waals surface area contributed by atoms with Crippen molar-refractivity contribution < 1.29 is 65.0 Å². The van der Waals surface area contributed by atoms with Gasteiger partial charge in [0.05, 0.1) is 42.0 Å². The minimum absolute atomic E-state index is 0.0317. The third kappa shape index (κ3) is 13.7. The molecule has 1 heterocycles. The predicted octanol–water partition coefficient (Wildman–Crippen LogP) is 8.89. The molecule has 4 unspecified atom stereocenters. The third-order valence-corrected chi connectivity index (χ3v) is 14.9. The molecule has 4 amide bonds. The molecular formula is C46H57F6N3O8Si. The van der Waals surface area contributed by atoms with Crippen molar-refractivity contribution in [2.24, 2.45) is 0 Å². The van der Waals surface area contributed by atoms with Crippen LogP contribution >= 0.6 is 0 Å². The van der Waals surface area contributed by atoms with E-state index in [-0.39, 0.29) is 47.0 Å². The molecule has 0 aliphatic carbocycles. The number of amides is 4. The number of imide groups is 1. The lowest BCUT2D eigenvalue weighted by atomic mass is 10.0. The van der Waals surface area contributed by atoms with Crippen molar-refractivity contribution in [1.82, 2.24) is 14.9 Å². The first-order chi connectivity index (χ1) is 29.6. The quantitative estimate of drug-likeness (QED) is 0.0478. The molecule has 0 aromatic heterocycles. The van der Waals surface area contributed by atoms with Gasteiger partial charge in [0.15, 0.2) is 43.2 Å². The van der Waals surface area contributed by atoms with E-state index in [4.69, 9.17) is 9.26 Å². The maximum atomic E-state index is 14.0. The SMILES string of the molecule is CC(C)=CC(=O)N(CC(C)O)C(CON1C(=O)c2ccccc2C1=O)c1cc(F)c(F)c(F)c1.CC(C)=CC(=O)N(CC(C)O)C(CO[Si](C)(C)C(C)(C)C)c1cc(F)c(F)c(F)c1. The summed E-state index contributed by atoms with van der Waals surface area (Å²) in [6.45, 7) is 18.9. The monoisotopic (exact) mass is 921 g/mol. The molecule has 2 N–H and O–H groups in total. The van der Waals surface area contributed by atoms with Crippen LogP contribution in [0.25, 0.3) is 0 Å². The number of aliphatic hydroxyl groups is 2. The number of carbonyl (C=O) groups excluding carboxylic acids is 4. The number of hydrogen-bond donors (Lipinski definition) is 2. The molecule has 0 bridgehead atoms. The molecule has 11 nitrogen and oxygen atoms in total. The van der Waals surface area contributed by atoms with Crippen LogP contribution in [0.15, 0.2) is 71.8 Å². The molecule has 350 valence electrons. The summed E-state index contributed by atoms with van der Waals surface area (Å²) in [5.74, 6) is -11.5. The zero-order valence-corrected chi connectivity index (χ0v) is 38.9. The van der Waals surface area contributed by atoms with Crippen LogP contribution in [-0.2, 0) is 18.9 Å². The van der Waals surface area contributed by atoms with Gasteiger partial charge in [0.1, 0.15) is 6.61 Å². The summed E-state index contributed by atoms with van der Waals surface area (Å²) in [4.78, 5) is 58.9. The van der Waals surface area contributed by atoms with Gasteiger partial charge in [0, 0.05) is 25.2 Å². The van der Waals surface area contributed by atoms with Crippen LogP contribution in [0.3, 0.4) is 0 Å². The first-order valence-corrected chi connectivity index (χ1v) is 23.3. The van der Waals surface area contributed by atoms with Crippen molar-refractivity contribution >= 4 is 31.9 Å². The summed E-state index contributed by atoms with van der Waals surface area (Å²) < 4.78 is 89.4. The number of aliphatic hydroxyl groups excluding tert-OH is 2. The summed E-state index contributed by atoms with van der Waals surface area (Å²) in [5.41, 5.74) is 1.45. The average molecular weight is 922 g/mol. The fourth-order valence-electron chi connectivity index (χ4n) is 6.17. The topological polar surface area (TPSA) is 137 Å². The zero-order chi connectivity index (χ0) is 48.6. The third-order valence-electron chi connectivity index (χ3n) is 10.4. The van der Waals surface area contributed by atoms with Crippen LogP contribution in [-0.4, -0.2) is 95.5 Å². The Bertz CT molecular complexity index is 2170. The largest absolute Gasteiger partial charge is 0.414 e. The Morgan fingerprint density at radius 2 is 1.03 bits per heavy atom. The Morgan fingerprint density at radius 1 is 0.688 bits per heavy atom. The number of nitrogens with zero attached hydrogens (tertiary/aromatic N) is 3. The molecule has 0 spiro atoms. The molecule has 18 heteroatoms. The van der Waals surface area contributed by atoms with Crippen LogP contribution in [0, 0.1) is 34.9 Å².